The molecular formula is C24H27N5O3. The van der Waals surface area contributed by atoms with Crippen molar-refractivity contribution in [2.24, 2.45) is 15.4 Å². The molecule has 3 aromatic rings. The Morgan fingerprint density at radius 1 is 1.00 bits per heavy atom. The standard InChI is InChI=1S/C24H27N5O3/c30-22(17-32-25-16-19-10-4-3-5-11-19)26-27-23-20-12-6-7-13-21(20)29(24(23)31)18-28-14-8-1-2-9-15-28/h3-7,10-13,16,31H,1-2,8-9,14-15,17-18H2/b25-16+,27-26?. The van der Waals surface area contributed by atoms with Crippen LogP contribution in [0.1, 0.15) is 31.2 Å². The zero-order valence-corrected chi connectivity index (χ0v) is 17.9. The highest BCUT2D eigenvalue weighted by Gasteiger charge is 2.19. The third-order valence-corrected chi connectivity index (χ3v) is 5.48. The van der Waals surface area contributed by atoms with E-state index in [1.165, 1.54) is 19.1 Å². The zero-order chi connectivity index (χ0) is 22.2. The monoisotopic (exact) mass is 433 g/mol. The lowest BCUT2D eigenvalue weighted by Gasteiger charge is -2.21. The molecule has 2 aromatic carbocycles. The third-order valence-electron chi connectivity index (χ3n) is 5.48. The number of hydrogen-bond acceptors (Lipinski definition) is 6. The second-order valence-corrected chi connectivity index (χ2v) is 7.80. The van der Waals surface area contributed by atoms with Gasteiger partial charge in [0.2, 0.25) is 5.88 Å². The highest BCUT2D eigenvalue weighted by atomic mass is 16.6. The van der Waals surface area contributed by atoms with Gasteiger partial charge in [0, 0.05) is 5.39 Å². The van der Waals surface area contributed by atoms with Gasteiger partial charge in [-0.2, -0.15) is 0 Å². The molecule has 1 amide bonds. The van der Waals surface area contributed by atoms with Gasteiger partial charge < -0.3 is 9.94 Å². The second-order valence-electron chi connectivity index (χ2n) is 7.80. The van der Waals surface area contributed by atoms with E-state index in [1.807, 2.05) is 59.2 Å². The lowest BCUT2D eigenvalue weighted by Crippen LogP contribution is -2.27. The average Bonchev–Trinajstić information content (AvgIpc) is 2.97. The number of benzene rings is 2. The summed E-state index contributed by atoms with van der Waals surface area (Å²) in [5, 5.41) is 23.2. The number of azo groups is 1. The summed E-state index contributed by atoms with van der Waals surface area (Å²) in [6, 6.07) is 17.0. The van der Waals surface area contributed by atoms with Gasteiger partial charge in [-0.15, -0.1) is 10.2 Å². The molecule has 2 heterocycles. The maximum absolute atomic E-state index is 12.1. The van der Waals surface area contributed by atoms with Crippen LogP contribution in [0.4, 0.5) is 5.69 Å². The summed E-state index contributed by atoms with van der Waals surface area (Å²) >= 11 is 0. The number of amides is 1. The Hall–Kier alpha value is -3.52. The van der Waals surface area contributed by atoms with Crippen LogP contribution in [-0.4, -0.2) is 46.4 Å². The number of nitrogens with zero attached hydrogens (tertiary/aromatic N) is 5. The van der Waals surface area contributed by atoms with E-state index in [2.05, 4.69) is 20.3 Å². The number of likely N-dealkylation sites (tertiary alicyclic amines) is 1. The lowest BCUT2D eigenvalue weighted by atomic mass is 10.2. The van der Waals surface area contributed by atoms with Crippen molar-refractivity contribution in [3.8, 4) is 5.88 Å². The number of hydrogen-bond donors (Lipinski definition) is 1. The molecule has 4 rings (SSSR count). The van der Waals surface area contributed by atoms with Crippen molar-refractivity contribution < 1.29 is 14.7 Å². The molecule has 0 saturated carbocycles. The number of carbonyl (C=O) groups is 1. The van der Waals surface area contributed by atoms with E-state index in [0.717, 1.165) is 42.4 Å². The molecule has 1 saturated heterocycles. The summed E-state index contributed by atoms with van der Waals surface area (Å²) in [6.07, 6.45) is 6.33. The molecule has 1 aromatic heterocycles. The number of aromatic nitrogens is 1. The van der Waals surface area contributed by atoms with Crippen LogP contribution in [0.25, 0.3) is 10.9 Å². The largest absolute Gasteiger partial charge is 0.493 e. The summed E-state index contributed by atoms with van der Waals surface area (Å²) in [4.78, 5) is 19.4. The smallest absolute Gasteiger partial charge is 0.304 e. The number of aromatic hydroxyl groups is 1. The highest BCUT2D eigenvalue weighted by molar-refractivity contribution is 5.95. The van der Waals surface area contributed by atoms with Gasteiger partial charge in [0.25, 0.3) is 0 Å². The number of para-hydroxylation sites is 1. The maximum Gasteiger partial charge on any atom is 0.304 e. The fraction of sp³-hybridized carbons (Fsp3) is 0.333. The molecule has 0 atom stereocenters. The van der Waals surface area contributed by atoms with Crippen LogP contribution in [0.5, 0.6) is 5.88 Å². The van der Waals surface area contributed by atoms with Gasteiger partial charge in [0.15, 0.2) is 12.3 Å². The lowest BCUT2D eigenvalue weighted by molar-refractivity contribution is -0.122. The minimum atomic E-state index is -0.584. The Labute approximate surface area is 186 Å². The first kappa shape index (κ1) is 21.7. The van der Waals surface area contributed by atoms with E-state index in [-0.39, 0.29) is 18.2 Å². The molecule has 8 nitrogen and oxygen atoms in total. The zero-order valence-electron chi connectivity index (χ0n) is 17.9. The Balaban J connectivity index is 1.45. The molecule has 166 valence electrons. The van der Waals surface area contributed by atoms with Crippen LogP contribution in [0.3, 0.4) is 0 Å². The average molecular weight is 434 g/mol. The quantitative estimate of drug-likeness (QED) is 0.328. The first-order valence-electron chi connectivity index (χ1n) is 10.9. The summed E-state index contributed by atoms with van der Waals surface area (Å²) in [5.74, 6) is -0.575. The number of fused-ring (bicyclic) bond motifs is 1. The fourth-order valence-electron chi connectivity index (χ4n) is 3.86. The normalized spacial score (nSPS) is 15.5. The first-order chi connectivity index (χ1) is 15.7. The molecule has 0 radical (unpaired) electrons. The van der Waals surface area contributed by atoms with E-state index < -0.39 is 5.91 Å². The Morgan fingerprint density at radius 3 is 2.50 bits per heavy atom. The van der Waals surface area contributed by atoms with E-state index in [1.54, 1.807) is 0 Å². The van der Waals surface area contributed by atoms with Gasteiger partial charge in [-0.3, -0.25) is 14.3 Å². The van der Waals surface area contributed by atoms with Crippen molar-refractivity contribution in [1.82, 2.24) is 9.47 Å². The SMILES string of the molecule is O=C(CO/N=C/c1ccccc1)N=Nc1c(O)n(CN2CCCCCC2)c2ccccc12. The molecule has 1 N–H and O–H groups in total. The predicted molar refractivity (Wildman–Crippen MR) is 123 cm³/mol. The van der Waals surface area contributed by atoms with Crippen LogP contribution < -0.4 is 0 Å². The summed E-state index contributed by atoms with van der Waals surface area (Å²) in [6.45, 7) is 2.25. The molecule has 8 heteroatoms. The minimum Gasteiger partial charge on any atom is -0.493 e. The maximum atomic E-state index is 12.1. The van der Waals surface area contributed by atoms with Crippen molar-refractivity contribution in [3.05, 3.63) is 60.2 Å². The number of rotatable bonds is 7. The van der Waals surface area contributed by atoms with E-state index >= 15 is 0 Å². The Bertz CT molecular complexity index is 1100. The Morgan fingerprint density at radius 2 is 1.72 bits per heavy atom. The number of carbonyl (C=O) groups excluding carboxylic acids is 1. The van der Waals surface area contributed by atoms with E-state index in [9.17, 15) is 9.90 Å². The van der Waals surface area contributed by atoms with Crippen LogP contribution in [0.15, 0.2) is 70.0 Å². The number of oxime groups is 1. The van der Waals surface area contributed by atoms with Crippen molar-refractivity contribution in [3.63, 3.8) is 0 Å². The highest BCUT2D eigenvalue weighted by Crippen LogP contribution is 2.39. The second kappa shape index (κ2) is 10.7. The molecular weight excluding hydrogens is 406 g/mol. The topological polar surface area (TPSA) is 91.8 Å². The third kappa shape index (κ3) is 5.39. The van der Waals surface area contributed by atoms with Gasteiger partial charge in [-0.25, -0.2) is 0 Å². The summed E-state index contributed by atoms with van der Waals surface area (Å²) in [7, 11) is 0. The Kier molecular flexibility index (Phi) is 7.24. The summed E-state index contributed by atoms with van der Waals surface area (Å²) in [5.41, 5.74) is 2.01. The summed E-state index contributed by atoms with van der Waals surface area (Å²) < 4.78 is 1.83. The van der Waals surface area contributed by atoms with Gasteiger partial charge in [-0.05, 0) is 37.6 Å². The van der Waals surface area contributed by atoms with Gasteiger partial charge >= 0.3 is 5.91 Å². The van der Waals surface area contributed by atoms with E-state index in [4.69, 9.17) is 4.84 Å². The van der Waals surface area contributed by atoms with Crippen molar-refractivity contribution in [1.29, 1.82) is 0 Å². The van der Waals surface area contributed by atoms with Gasteiger partial charge in [-0.1, -0.05) is 66.5 Å². The molecule has 1 aliphatic heterocycles. The molecule has 1 aliphatic rings. The molecule has 32 heavy (non-hydrogen) atoms. The van der Waals surface area contributed by atoms with Crippen LogP contribution in [-0.2, 0) is 16.3 Å². The fourth-order valence-corrected chi connectivity index (χ4v) is 3.86. The molecule has 0 spiro atoms. The molecule has 0 unspecified atom stereocenters. The molecule has 1 fully saturated rings. The van der Waals surface area contributed by atoms with Crippen LogP contribution in [0, 0.1) is 0 Å². The molecule has 0 aliphatic carbocycles. The van der Waals surface area contributed by atoms with Crippen molar-refractivity contribution >= 4 is 28.7 Å². The van der Waals surface area contributed by atoms with Crippen LogP contribution >= 0.6 is 0 Å². The predicted octanol–water partition coefficient (Wildman–Crippen LogP) is 4.84. The van der Waals surface area contributed by atoms with Crippen LogP contribution in [0.2, 0.25) is 0 Å². The van der Waals surface area contributed by atoms with E-state index in [0.29, 0.717) is 6.67 Å². The van der Waals surface area contributed by atoms with Crippen molar-refractivity contribution in [2.75, 3.05) is 19.7 Å². The minimum absolute atomic E-state index is 0.00927. The molecule has 0 bridgehead atoms. The van der Waals surface area contributed by atoms with Crippen molar-refractivity contribution in [2.45, 2.75) is 32.4 Å². The first-order valence-corrected chi connectivity index (χ1v) is 10.9. The van der Waals surface area contributed by atoms with Gasteiger partial charge in [0.05, 0.1) is 18.4 Å². The van der Waals surface area contributed by atoms with Gasteiger partial charge in [0.1, 0.15) is 0 Å².